The zero-order valence-electron chi connectivity index (χ0n) is 66.0. The topological polar surface area (TPSA) is 73.8 Å². The lowest BCUT2D eigenvalue weighted by Crippen LogP contribution is -2.66. The largest absolute Gasteiger partial charge is 0.349 e. The third kappa shape index (κ3) is 20.9. The van der Waals surface area contributed by atoms with E-state index in [0.717, 1.165) is 24.6 Å². The van der Waals surface area contributed by atoms with Gasteiger partial charge >= 0.3 is 0 Å². The quantitative estimate of drug-likeness (QED) is 0.0497. The van der Waals surface area contributed by atoms with Crippen LogP contribution >= 0.6 is 47.5 Å². The zero-order chi connectivity index (χ0) is 77.9. The van der Waals surface area contributed by atoms with Crippen LogP contribution in [-0.2, 0) is 37.9 Å². The van der Waals surface area contributed by atoms with Gasteiger partial charge in [0.1, 0.15) is 0 Å². The van der Waals surface area contributed by atoms with Crippen molar-refractivity contribution in [3.8, 4) is 0 Å². The molecule has 0 aromatic heterocycles. The van der Waals surface area contributed by atoms with Crippen molar-refractivity contribution in [3.05, 3.63) is 364 Å². The van der Waals surface area contributed by atoms with Crippen LogP contribution in [-0.4, -0.2) is 110 Å². The second-order valence-corrected chi connectivity index (χ2v) is 43.8. The summed E-state index contributed by atoms with van der Waals surface area (Å²) in [5.41, 5.74) is 0.551. The molecule has 3 aliphatic rings. The molecule has 12 aromatic rings. The van der Waals surface area contributed by atoms with Crippen LogP contribution in [0.5, 0.6) is 0 Å². The van der Waals surface area contributed by atoms with Crippen molar-refractivity contribution in [1.82, 2.24) is 0 Å². The predicted molar refractivity (Wildman–Crippen MR) is 481 cm³/mol. The first-order valence-corrected chi connectivity index (χ1v) is 47.9. The summed E-state index contributed by atoms with van der Waals surface area (Å²) in [5, 5.41) is 16.3. The van der Waals surface area contributed by atoms with E-state index in [1.165, 1.54) is 63.7 Å². The molecule has 576 valence electrons. The summed E-state index contributed by atoms with van der Waals surface area (Å²) in [4.78, 5) is 0. The van der Waals surface area contributed by atoms with Crippen LogP contribution in [0.4, 0.5) is 0 Å². The van der Waals surface area contributed by atoms with Crippen LogP contribution in [0.15, 0.2) is 364 Å². The van der Waals surface area contributed by atoms with E-state index in [-0.39, 0.29) is 47.9 Å². The van der Waals surface area contributed by atoms with Gasteiger partial charge < -0.3 is 37.9 Å². The fourth-order valence-corrected chi connectivity index (χ4v) is 30.7. The van der Waals surface area contributed by atoms with Crippen LogP contribution < -0.4 is 63.7 Å². The van der Waals surface area contributed by atoms with Crippen LogP contribution in [0, 0.1) is 0 Å². The van der Waals surface area contributed by atoms with E-state index >= 15 is 0 Å². The third-order valence-electron chi connectivity index (χ3n) is 21.1. The van der Waals surface area contributed by atoms with Gasteiger partial charge in [-0.2, -0.15) is 0 Å². The van der Waals surface area contributed by atoms with Crippen molar-refractivity contribution in [1.29, 1.82) is 0 Å². The number of benzene rings is 12. The summed E-state index contributed by atoms with van der Waals surface area (Å²) in [7, 11) is -0.499. The van der Waals surface area contributed by atoms with Gasteiger partial charge in [0.05, 0.1) is 36.6 Å². The van der Waals surface area contributed by atoms with E-state index in [4.69, 9.17) is 37.9 Å². The highest BCUT2D eigenvalue weighted by Crippen LogP contribution is 2.53. The molecule has 8 nitrogen and oxygen atoms in total. The zero-order valence-corrected chi connectivity index (χ0v) is 71.4. The average molecular weight is 1600 g/mol. The average Bonchev–Trinajstić information content (AvgIpc) is 1.32. The molecule has 0 bridgehead atoms. The third-order valence-corrected chi connectivity index (χ3v) is 37.0. The lowest BCUT2D eigenvalue weighted by molar-refractivity contribution is -0.442. The first-order chi connectivity index (χ1) is 54.5. The van der Waals surface area contributed by atoms with Crippen LogP contribution in [0.3, 0.4) is 0 Å². The van der Waals surface area contributed by atoms with Gasteiger partial charge in [0.15, 0.2) is 11.6 Å². The summed E-state index contributed by atoms with van der Waals surface area (Å²) in [5.74, 6) is -3.35. The van der Waals surface area contributed by atoms with Gasteiger partial charge in [-0.15, -0.1) is 0 Å². The molecule has 12 aromatic carbocycles. The molecule has 10 atom stereocenters. The van der Waals surface area contributed by atoms with Crippen molar-refractivity contribution in [2.45, 2.75) is 126 Å². The standard InChI is InChI=1S/C34H38O4P2.C33H36O2P2.C31H32O2P2/c1-33(35-3)34(2,36-4)38-32(26-40(29-21-13-7-14-22-29)30-23-15-8-16-24-30)31(37-33)25-39(27-17-9-5-10-18-27)28-19-11-6-12-20-28;1-25(36(27-17-9-5-10-18-27)28-19-11-6-12-20-28)31-32(35-33(3,4)34-31)26(2)37(29-21-13-7-14-22-29)30-23-15-8-16-24-30;1-31(2)32-29(23-34(25-15-7-3-8-16-25)26-17-9-4-10-18-26)30(33-31)24-35(27-19-11-5-12-20-27)28-21-13-6-14-22-28/h5-24,31-32H,25-26H2,1-4H3;5-26,31-32H,1-4H3;3-22,29-30H,23-24H2,1-2H3/t31-,32-,33+,34?;25-,26?,31-,32-;29-,30-/m010/s1. The minimum Gasteiger partial charge on any atom is -0.349 e. The lowest BCUT2D eigenvalue weighted by Gasteiger charge is -2.53. The molecule has 3 fully saturated rings. The number of rotatable bonds is 26. The highest BCUT2D eigenvalue weighted by molar-refractivity contribution is 7.75. The molecule has 112 heavy (non-hydrogen) atoms. The molecule has 0 radical (unpaired) electrons. The van der Waals surface area contributed by atoms with Gasteiger partial charge in [-0.25, -0.2) is 0 Å². The van der Waals surface area contributed by atoms with Gasteiger partial charge in [-0.05, 0) is 153 Å². The van der Waals surface area contributed by atoms with Crippen molar-refractivity contribution >= 4 is 111 Å². The van der Waals surface area contributed by atoms with Crippen molar-refractivity contribution in [3.63, 3.8) is 0 Å². The van der Waals surface area contributed by atoms with Crippen molar-refractivity contribution in [2.24, 2.45) is 0 Å². The maximum absolute atomic E-state index is 6.94. The first-order valence-electron chi connectivity index (χ1n) is 39.0. The number of methoxy groups -OCH3 is 2. The molecule has 0 N–H and O–H groups in total. The second-order valence-electron chi connectivity index (χ2n) is 29.6. The second kappa shape index (κ2) is 39.5. The Balaban J connectivity index is 0.000000147. The Labute approximate surface area is 673 Å². The maximum atomic E-state index is 6.94. The summed E-state index contributed by atoms with van der Waals surface area (Å²) in [6.45, 7) is 16.8. The van der Waals surface area contributed by atoms with Crippen LogP contribution in [0.25, 0.3) is 0 Å². The van der Waals surface area contributed by atoms with Crippen molar-refractivity contribution < 1.29 is 37.9 Å². The summed E-state index contributed by atoms with van der Waals surface area (Å²) >= 11 is 0. The SMILES string of the molecule is CC([C@H]1OC(C)(C)O[C@@H]1[C@@H](C)P(c1ccccc1)c1ccccc1)P(c1ccccc1)c1ccccc1.CC1(C)O[C@@H](CP(c2ccccc2)c2ccccc2)[C@H](CP(c2ccccc2)c2ccccc2)O1.COC1(C)O[C@@H](CP(c2ccccc2)c2ccccc2)[C@H](CP(c2ccccc2)c2ccccc2)O[C@@]1(C)OC. The highest BCUT2D eigenvalue weighted by atomic mass is 31.1. The number of hydrogen-bond donors (Lipinski definition) is 0. The molecule has 15 rings (SSSR count). The first kappa shape index (κ1) is 82.9. The molecular weight excluding hydrogens is 1490 g/mol. The molecule has 0 saturated carbocycles. The molecule has 3 aliphatic heterocycles. The van der Waals surface area contributed by atoms with Crippen molar-refractivity contribution in [2.75, 3.05) is 38.9 Å². The highest BCUT2D eigenvalue weighted by Gasteiger charge is 2.57. The minimum atomic E-state index is -1.07. The fraction of sp³-hybridized carbons (Fsp3) is 0.265. The molecule has 0 aliphatic carbocycles. The number of ether oxygens (including phenoxy) is 8. The van der Waals surface area contributed by atoms with E-state index in [2.05, 4.69) is 406 Å². The Morgan fingerprint density at radius 3 is 0.554 bits per heavy atom. The molecule has 0 spiro atoms. The Kier molecular flexibility index (Phi) is 29.2. The normalized spacial score (nSPS) is 21.8. The molecule has 2 unspecified atom stereocenters. The van der Waals surface area contributed by atoms with Gasteiger partial charge in [-0.3, -0.25) is 0 Å². The molecular formula is C98H106O8P6. The Morgan fingerprint density at radius 1 is 0.232 bits per heavy atom. The van der Waals surface area contributed by atoms with Gasteiger partial charge in [0, 0.05) is 50.2 Å². The van der Waals surface area contributed by atoms with E-state index in [9.17, 15) is 0 Å². The monoisotopic (exact) mass is 1600 g/mol. The fourth-order valence-electron chi connectivity index (χ4n) is 15.4. The lowest BCUT2D eigenvalue weighted by atomic mass is 10.0. The molecule has 3 saturated heterocycles. The smallest absolute Gasteiger partial charge is 0.220 e. The Morgan fingerprint density at radius 2 is 0.384 bits per heavy atom. The Bertz CT molecular complexity index is 4180. The summed E-state index contributed by atoms with van der Waals surface area (Å²) < 4.78 is 52.6. The maximum Gasteiger partial charge on any atom is 0.220 e. The molecule has 3 heterocycles. The van der Waals surface area contributed by atoms with Gasteiger partial charge in [-0.1, -0.05) is 378 Å². The molecule has 14 heteroatoms. The number of hydrogen-bond acceptors (Lipinski definition) is 8. The molecule has 0 amide bonds. The predicted octanol–water partition coefficient (Wildman–Crippen LogP) is 18.1. The minimum absolute atomic E-state index is 0.0195. The summed E-state index contributed by atoms with van der Waals surface area (Å²) in [6.07, 6.45) is 3.12. The van der Waals surface area contributed by atoms with E-state index < -0.39 is 70.7 Å². The van der Waals surface area contributed by atoms with Crippen LogP contribution in [0.1, 0.15) is 55.4 Å². The van der Waals surface area contributed by atoms with E-state index in [0.29, 0.717) is 0 Å². The van der Waals surface area contributed by atoms with E-state index in [1.807, 2.05) is 13.8 Å². The van der Waals surface area contributed by atoms with Gasteiger partial charge in [0.2, 0.25) is 11.6 Å². The van der Waals surface area contributed by atoms with Gasteiger partial charge in [0.25, 0.3) is 0 Å². The summed E-state index contributed by atoms with van der Waals surface area (Å²) in [6, 6.07) is 130. The van der Waals surface area contributed by atoms with E-state index in [1.54, 1.807) is 14.2 Å². The Hall–Kier alpha value is -7.10. The van der Waals surface area contributed by atoms with Crippen LogP contribution in [0.2, 0.25) is 0 Å².